The Morgan fingerprint density at radius 3 is 2.31 bits per heavy atom. The summed E-state index contributed by atoms with van der Waals surface area (Å²) in [5, 5.41) is 0.505. The van der Waals surface area contributed by atoms with E-state index in [-0.39, 0.29) is 32.7 Å². The second-order valence-corrected chi connectivity index (χ2v) is 6.15. The highest BCUT2D eigenvalue weighted by molar-refractivity contribution is 7.80. The van der Waals surface area contributed by atoms with Gasteiger partial charge in [0.05, 0.1) is 10.8 Å². The Morgan fingerprint density at radius 2 is 1.62 bits per heavy atom. The number of rotatable bonds is 4. The fraction of sp³-hybridized carbons (Fsp3) is 0.0952. The maximum Gasteiger partial charge on any atom is 0.201 e. The third-order valence-corrected chi connectivity index (χ3v) is 4.46. The van der Waals surface area contributed by atoms with E-state index in [0.717, 1.165) is 0 Å². The van der Waals surface area contributed by atoms with Crippen molar-refractivity contribution in [3.63, 3.8) is 0 Å². The van der Waals surface area contributed by atoms with Crippen LogP contribution in [0.1, 0.15) is 34.6 Å². The van der Waals surface area contributed by atoms with Gasteiger partial charge in [0.2, 0.25) is 5.43 Å². The molecule has 0 amide bonds. The number of fused-ring (bicyclic) bond motifs is 2. The third-order valence-electron chi connectivity index (χ3n) is 4.00. The minimum atomic E-state index is -0.323. The van der Waals surface area contributed by atoms with E-state index in [1.807, 2.05) is 0 Å². The lowest BCUT2D eigenvalue weighted by Gasteiger charge is -2.07. The Kier molecular flexibility index (Phi) is 4.91. The zero-order valence-electron chi connectivity index (χ0n) is 14.3. The summed E-state index contributed by atoms with van der Waals surface area (Å²) in [6.07, 6.45) is 6.11. The van der Waals surface area contributed by atoms with Crippen LogP contribution in [0.15, 0.2) is 68.7 Å². The van der Waals surface area contributed by atoms with Crippen molar-refractivity contribution in [1.82, 2.24) is 0 Å². The first-order valence-corrected chi connectivity index (χ1v) is 8.49. The molecular weight excluding hydrogens is 348 g/mol. The van der Waals surface area contributed by atoms with E-state index in [9.17, 15) is 14.4 Å². The van der Waals surface area contributed by atoms with Crippen molar-refractivity contribution in [2.24, 2.45) is 0 Å². The Bertz CT molecular complexity index is 1170. The highest BCUT2D eigenvalue weighted by Gasteiger charge is 2.16. The first kappa shape index (κ1) is 17.9. The van der Waals surface area contributed by atoms with Crippen LogP contribution in [-0.2, 0) is 0 Å². The summed E-state index contributed by atoms with van der Waals surface area (Å²) in [7, 11) is 0. The summed E-state index contributed by atoms with van der Waals surface area (Å²) < 4.78 is 5.79. The fourth-order valence-electron chi connectivity index (χ4n) is 2.77. The van der Waals surface area contributed by atoms with E-state index in [2.05, 4.69) is 12.6 Å². The first-order chi connectivity index (χ1) is 12.5. The molecular formula is C21H16O4S. The van der Waals surface area contributed by atoms with Crippen molar-refractivity contribution in [3.05, 3.63) is 76.0 Å². The molecule has 0 N–H and O–H groups in total. The second-order valence-electron chi connectivity index (χ2n) is 5.71. The van der Waals surface area contributed by atoms with E-state index >= 15 is 0 Å². The van der Waals surface area contributed by atoms with Gasteiger partial charge in [0.25, 0.3) is 0 Å². The van der Waals surface area contributed by atoms with Gasteiger partial charge in [0, 0.05) is 16.0 Å². The fourth-order valence-corrected chi connectivity index (χ4v) is 3.16. The molecule has 0 aliphatic rings. The van der Waals surface area contributed by atoms with Gasteiger partial charge in [0.1, 0.15) is 11.2 Å². The summed E-state index contributed by atoms with van der Waals surface area (Å²) in [6.45, 7) is 3.49. The second kappa shape index (κ2) is 7.14. The quantitative estimate of drug-likeness (QED) is 0.314. The van der Waals surface area contributed by atoms with Crippen molar-refractivity contribution < 1.29 is 14.0 Å². The van der Waals surface area contributed by atoms with Crippen molar-refractivity contribution >= 4 is 46.1 Å². The monoisotopic (exact) mass is 364 g/mol. The van der Waals surface area contributed by atoms with Gasteiger partial charge in [-0.05, 0) is 56.3 Å². The molecule has 2 aromatic carbocycles. The number of benzene rings is 2. The minimum Gasteiger partial charge on any atom is -0.456 e. The zero-order valence-corrected chi connectivity index (χ0v) is 15.2. The number of carbonyl (C=O) groups excluding carboxylic acids is 2. The van der Waals surface area contributed by atoms with Gasteiger partial charge >= 0.3 is 0 Å². The number of hydrogen-bond acceptors (Lipinski definition) is 5. The lowest BCUT2D eigenvalue weighted by molar-refractivity contribution is 0.103. The lowest BCUT2D eigenvalue weighted by Crippen LogP contribution is -2.07. The zero-order chi connectivity index (χ0) is 18.8. The van der Waals surface area contributed by atoms with Crippen LogP contribution in [0.25, 0.3) is 21.9 Å². The van der Waals surface area contributed by atoms with Crippen molar-refractivity contribution in [2.75, 3.05) is 0 Å². The maximum absolute atomic E-state index is 13.0. The molecule has 0 saturated carbocycles. The van der Waals surface area contributed by atoms with Crippen LogP contribution in [0.3, 0.4) is 0 Å². The molecule has 0 bridgehead atoms. The van der Waals surface area contributed by atoms with E-state index < -0.39 is 0 Å². The molecule has 0 fully saturated rings. The van der Waals surface area contributed by atoms with Gasteiger partial charge in [-0.3, -0.25) is 14.4 Å². The van der Waals surface area contributed by atoms with Crippen LogP contribution in [0.5, 0.6) is 0 Å². The van der Waals surface area contributed by atoms with Crippen LogP contribution < -0.4 is 5.43 Å². The molecule has 0 aliphatic heterocycles. The number of thiol groups is 1. The Labute approximate surface area is 155 Å². The summed E-state index contributed by atoms with van der Waals surface area (Å²) in [5.74, 6) is -0.437. The molecule has 26 heavy (non-hydrogen) atoms. The highest BCUT2D eigenvalue weighted by atomic mass is 32.1. The number of hydrogen-bond donors (Lipinski definition) is 1. The van der Waals surface area contributed by atoms with E-state index in [1.54, 1.807) is 50.3 Å². The summed E-state index contributed by atoms with van der Waals surface area (Å²) in [5.41, 5.74) is 1.11. The average Bonchev–Trinajstić information content (AvgIpc) is 2.62. The topological polar surface area (TPSA) is 64.3 Å². The minimum absolute atomic E-state index is 0.197. The highest BCUT2D eigenvalue weighted by Crippen LogP contribution is 2.27. The predicted molar refractivity (Wildman–Crippen MR) is 106 cm³/mol. The van der Waals surface area contributed by atoms with Gasteiger partial charge in [-0.2, -0.15) is 0 Å². The van der Waals surface area contributed by atoms with Gasteiger partial charge < -0.3 is 4.42 Å². The normalized spacial score (nSPS) is 11.8. The van der Waals surface area contributed by atoms with Crippen molar-refractivity contribution in [1.29, 1.82) is 0 Å². The SMILES string of the molecule is CC=CC(=O)c1ccc2oc3ccc(C(=O)C=CC)c(S)c3c(=O)c2c1. The van der Waals surface area contributed by atoms with Crippen molar-refractivity contribution in [2.45, 2.75) is 18.7 Å². The molecule has 1 aromatic heterocycles. The first-order valence-electron chi connectivity index (χ1n) is 8.04. The smallest absolute Gasteiger partial charge is 0.201 e. The average molecular weight is 364 g/mol. The van der Waals surface area contributed by atoms with Crippen LogP contribution >= 0.6 is 12.6 Å². The molecule has 3 rings (SSSR count). The Morgan fingerprint density at radius 1 is 0.962 bits per heavy atom. The molecule has 3 aromatic rings. The molecule has 0 saturated heterocycles. The van der Waals surface area contributed by atoms with Gasteiger partial charge in [-0.1, -0.05) is 12.2 Å². The van der Waals surface area contributed by atoms with E-state index in [0.29, 0.717) is 22.3 Å². The van der Waals surface area contributed by atoms with E-state index in [4.69, 9.17) is 4.42 Å². The molecule has 0 radical (unpaired) electrons. The van der Waals surface area contributed by atoms with Crippen LogP contribution in [0.2, 0.25) is 0 Å². The maximum atomic E-state index is 13.0. The molecule has 0 unspecified atom stereocenters. The molecule has 1 heterocycles. The Balaban J connectivity index is 2.33. The summed E-state index contributed by atoms with van der Waals surface area (Å²) in [4.78, 5) is 37.5. The summed E-state index contributed by atoms with van der Waals surface area (Å²) in [6, 6.07) is 7.91. The Hall–Kier alpha value is -2.92. The molecule has 4 nitrogen and oxygen atoms in total. The third kappa shape index (κ3) is 3.02. The standard InChI is InChI=1S/C21H16O4S/c1-3-5-15(22)12-7-9-17-14(11-12)20(24)19-18(25-17)10-8-13(21(19)26)16(23)6-4-2/h3-11,26H,1-2H3. The van der Waals surface area contributed by atoms with Gasteiger partial charge in [-0.15, -0.1) is 12.6 Å². The van der Waals surface area contributed by atoms with Gasteiger partial charge in [-0.25, -0.2) is 0 Å². The number of ketones is 2. The van der Waals surface area contributed by atoms with Crippen LogP contribution in [0.4, 0.5) is 0 Å². The van der Waals surface area contributed by atoms with Crippen molar-refractivity contribution in [3.8, 4) is 0 Å². The van der Waals surface area contributed by atoms with Crippen LogP contribution in [-0.4, -0.2) is 11.6 Å². The molecule has 5 heteroatoms. The number of allylic oxidation sites excluding steroid dienone is 4. The largest absolute Gasteiger partial charge is 0.456 e. The molecule has 0 aliphatic carbocycles. The summed E-state index contributed by atoms with van der Waals surface area (Å²) >= 11 is 4.40. The molecule has 0 spiro atoms. The van der Waals surface area contributed by atoms with Gasteiger partial charge in [0.15, 0.2) is 11.6 Å². The van der Waals surface area contributed by atoms with E-state index in [1.165, 1.54) is 18.2 Å². The number of carbonyl (C=O) groups is 2. The molecule has 0 atom stereocenters. The molecule has 130 valence electrons. The lowest BCUT2D eigenvalue weighted by atomic mass is 10.0. The predicted octanol–water partition coefficient (Wildman–Crippen LogP) is 4.75. The van der Waals surface area contributed by atoms with Crippen LogP contribution in [0, 0.1) is 0 Å².